The van der Waals surface area contributed by atoms with E-state index < -0.39 is 0 Å². The van der Waals surface area contributed by atoms with Crippen LogP contribution in [0.3, 0.4) is 0 Å². The van der Waals surface area contributed by atoms with Gasteiger partial charge < -0.3 is 0 Å². The molecule has 0 amide bonds. The van der Waals surface area contributed by atoms with Gasteiger partial charge in [0.2, 0.25) is 0 Å². The van der Waals surface area contributed by atoms with E-state index in [-0.39, 0.29) is 47.6 Å². The van der Waals surface area contributed by atoms with E-state index in [1.807, 2.05) is 0 Å². The topological polar surface area (TPSA) is 0 Å². The Balaban J connectivity index is -0.000000120. The van der Waals surface area contributed by atoms with E-state index in [1.54, 1.807) is 23.0 Å². The van der Waals surface area contributed by atoms with Gasteiger partial charge in [0.15, 0.2) is 0 Å². The Morgan fingerprint density at radius 3 is 1.78 bits per heavy atom. The number of hydrogen-bond acceptors (Lipinski definition) is 1. The van der Waals surface area contributed by atoms with Crippen LogP contribution in [0.25, 0.3) is 0 Å². The van der Waals surface area contributed by atoms with E-state index in [1.165, 1.54) is 15.9 Å². The molecule has 0 aliphatic carbocycles. The quantitative estimate of drug-likeness (QED) is 0.662. The van der Waals surface area contributed by atoms with Gasteiger partial charge in [-0.05, 0) is 0 Å². The van der Waals surface area contributed by atoms with Crippen molar-refractivity contribution < 1.29 is 32.7 Å². The monoisotopic (exact) mass is 330 g/mol. The van der Waals surface area contributed by atoms with Crippen molar-refractivity contribution in [1.82, 2.24) is 0 Å². The van der Waals surface area contributed by atoms with Gasteiger partial charge in [-0.1, -0.05) is 14.9 Å². The summed E-state index contributed by atoms with van der Waals surface area (Å²) in [6, 6.07) is 0. The Kier molecular flexibility index (Phi) is 19.8. The minimum Gasteiger partial charge on any atom is 0 e. The minimum absolute atomic E-state index is 0. The molecule has 2 radical (unpaired) electrons. The SMILES string of the molecule is C.C.[SbH][CH2]C1CSC1.[Y]. The summed E-state index contributed by atoms with van der Waals surface area (Å²) in [4.78, 5) is 0. The molecule has 0 spiro atoms. The molecule has 1 fully saturated rings. The van der Waals surface area contributed by atoms with Crippen molar-refractivity contribution in [3.8, 4) is 0 Å². The third-order valence-corrected chi connectivity index (χ3v) is 4.06. The second-order valence-electron chi connectivity index (χ2n) is 1.61. The molecule has 0 nitrogen and oxygen atoms in total. The molecule has 1 rings (SSSR count). The average molecular weight is 331 g/mol. The van der Waals surface area contributed by atoms with Crippen molar-refractivity contribution in [2.45, 2.75) is 19.2 Å². The van der Waals surface area contributed by atoms with E-state index >= 15 is 0 Å². The van der Waals surface area contributed by atoms with Crippen molar-refractivity contribution in [2.24, 2.45) is 5.92 Å². The Bertz CT molecular complexity index is 45.6. The second-order valence-corrected chi connectivity index (χ2v) is 3.85. The van der Waals surface area contributed by atoms with Crippen LogP contribution in [-0.4, -0.2) is 34.5 Å². The maximum Gasteiger partial charge on any atom is 0 e. The summed E-state index contributed by atoms with van der Waals surface area (Å²) in [7, 11) is 0. The first-order chi connectivity index (χ1) is 2.93. The van der Waals surface area contributed by atoms with Crippen LogP contribution in [0.5, 0.6) is 0 Å². The maximum atomic E-state index is 2.08. The Morgan fingerprint density at radius 2 is 1.78 bits per heavy atom. The van der Waals surface area contributed by atoms with Gasteiger partial charge in [0.1, 0.15) is 0 Å². The van der Waals surface area contributed by atoms with Gasteiger partial charge >= 0.3 is 56.6 Å². The van der Waals surface area contributed by atoms with Crippen LogP contribution in [0, 0.1) is 5.92 Å². The van der Waals surface area contributed by atoms with Gasteiger partial charge in [0, 0.05) is 32.7 Å². The van der Waals surface area contributed by atoms with E-state index in [9.17, 15) is 0 Å². The third-order valence-electron chi connectivity index (χ3n) is 0.996. The molecular formula is C6H16SSbY. The van der Waals surface area contributed by atoms with Gasteiger partial charge in [0.25, 0.3) is 0 Å². The summed E-state index contributed by atoms with van der Waals surface area (Å²) in [6.07, 6.45) is 0. The smallest absolute Gasteiger partial charge is 0 e. The van der Waals surface area contributed by atoms with Crippen LogP contribution in [-0.2, 0) is 32.7 Å². The third kappa shape index (κ3) is 6.66. The molecule has 0 bridgehead atoms. The fourth-order valence-electron chi connectivity index (χ4n) is 0.402. The molecule has 0 aromatic heterocycles. The van der Waals surface area contributed by atoms with Gasteiger partial charge in [-0.3, -0.25) is 0 Å². The average Bonchev–Trinajstić information content (AvgIpc) is 1.31. The molecule has 0 saturated carbocycles. The van der Waals surface area contributed by atoms with E-state index in [4.69, 9.17) is 0 Å². The maximum absolute atomic E-state index is 2.08. The molecule has 1 aliphatic rings. The molecule has 9 heavy (non-hydrogen) atoms. The number of thioether (sulfide) groups is 1. The predicted molar refractivity (Wildman–Crippen MR) is 46.2 cm³/mol. The van der Waals surface area contributed by atoms with Crippen molar-refractivity contribution in [2.75, 3.05) is 11.5 Å². The normalized spacial score (nSPS) is 15.7. The standard InChI is InChI=1S/C4H7S.2CH4.Sb.Y.H/c1-4-2-5-3-4;;;;;/h4H,1-3H2;2*1H4;;;. The summed E-state index contributed by atoms with van der Waals surface area (Å²) < 4.78 is 1.49. The summed E-state index contributed by atoms with van der Waals surface area (Å²) in [5, 5.41) is 0. The molecule has 1 saturated heterocycles. The van der Waals surface area contributed by atoms with E-state index in [0.717, 1.165) is 5.92 Å². The largest absolute Gasteiger partial charge is 0 e. The summed E-state index contributed by atoms with van der Waals surface area (Å²) in [5.74, 6) is 4.02. The molecule has 1 aliphatic heterocycles. The van der Waals surface area contributed by atoms with Crippen LogP contribution in [0.2, 0.25) is 4.37 Å². The first kappa shape index (κ1) is 17.4. The van der Waals surface area contributed by atoms with Crippen LogP contribution in [0.4, 0.5) is 0 Å². The molecule has 0 aromatic rings. The molecule has 54 valence electrons. The van der Waals surface area contributed by atoms with Crippen molar-refractivity contribution in [1.29, 1.82) is 0 Å². The predicted octanol–water partition coefficient (Wildman–Crippen LogP) is 1.94. The van der Waals surface area contributed by atoms with Crippen LogP contribution >= 0.6 is 11.8 Å². The Hall–Kier alpha value is 2.27. The molecule has 0 N–H and O–H groups in total. The molecule has 1 heterocycles. The van der Waals surface area contributed by atoms with Gasteiger partial charge in [-0.15, -0.1) is 0 Å². The van der Waals surface area contributed by atoms with E-state index in [2.05, 4.69) is 11.8 Å². The van der Waals surface area contributed by atoms with Crippen LogP contribution in [0.15, 0.2) is 0 Å². The van der Waals surface area contributed by atoms with E-state index in [0.29, 0.717) is 0 Å². The first-order valence-corrected chi connectivity index (χ1v) is 5.33. The molecule has 0 unspecified atom stereocenters. The Labute approximate surface area is 103 Å². The molecular weight excluding hydrogens is 315 g/mol. The Morgan fingerprint density at radius 1 is 1.33 bits per heavy atom. The molecule has 3 heteroatoms. The number of hydrogen-bond donors (Lipinski definition) is 0. The fourth-order valence-corrected chi connectivity index (χ4v) is 3.23. The van der Waals surface area contributed by atoms with Crippen molar-refractivity contribution >= 4 is 34.8 Å². The summed E-state index contributed by atoms with van der Waals surface area (Å²) >= 11 is 3.80. The minimum atomic E-state index is 0. The van der Waals surface area contributed by atoms with Gasteiger partial charge in [0.05, 0.1) is 0 Å². The summed E-state index contributed by atoms with van der Waals surface area (Å²) in [5.41, 5.74) is 0. The fraction of sp³-hybridized carbons (Fsp3) is 1.00. The number of rotatable bonds is 1. The first-order valence-electron chi connectivity index (χ1n) is 2.16. The van der Waals surface area contributed by atoms with Crippen LogP contribution < -0.4 is 0 Å². The summed E-state index contributed by atoms with van der Waals surface area (Å²) in [6.45, 7) is 0. The van der Waals surface area contributed by atoms with Crippen molar-refractivity contribution in [3.63, 3.8) is 0 Å². The zero-order valence-electron chi connectivity index (χ0n) is 4.18. The molecule has 0 aromatic carbocycles. The van der Waals surface area contributed by atoms with Gasteiger partial charge in [-0.2, -0.15) is 0 Å². The molecule has 0 atom stereocenters. The van der Waals surface area contributed by atoms with Crippen LogP contribution in [0.1, 0.15) is 14.9 Å². The zero-order chi connectivity index (χ0) is 4.41. The zero-order valence-corrected chi connectivity index (χ0v) is 10.7. The van der Waals surface area contributed by atoms with Crippen molar-refractivity contribution in [3.05, 3.63) is 0 Å². The second kappa shape index (κ2) is 10.3. The van der Waals surface area contributed by atoms with Gasteiger partial charge in [-0.25, -0.2) is 0 Å².